The van der Waals surface area contributed by atoms with Crippen LogP contribution in [0.15, 0.2) is 6.20 Å². The Morgan fingerprint density at radius 2 is 2.50 bits per heavy atom. The zero-order valence-electron chi connectivity index (χ0n) is 5.43. The van der Waals surface area contributed by atoms with Crippen molar-refractivity contribution < 1.29 is 0 Å². The average Bonchev–Trinajstić information content (AvgIpc) is 2.11. The minimum absolute atomic E-state index is 0.0648. The SMILES string of the molecule is Cn1ncc(Cl)c1C(=N)N. The van der Waals surface area contributed by atoms with Gasteiger partial charge < -0.3 is 5.73 Å². The lowest BCUT2D eigenvalue weighted by atomic mass is 10.4. The summed E-state index contributed by atoms with van der Waals surface area (Å²) in [6, 6.07) is 0. The largest absolute Gasteiger partial charge is 0.382 e. The monoisotopic (exact) mass is 158 g/mol. The molecule has 1 aromatic heterocycles. The standard InChI is InChI=1S/C5H7ClN4/c1-10-4(5(7)8)3(6)2-9-10/h2H,1H3,(H3,7,8). The maximum absolute atomic E-state index is 7.07. The zero-order chi connectivity index (χ0) is 7.72. The maximum atomic E-state index is 7.07. The first-order valence-corrected chi connectivity index (χ1v) is 3.02. The molecule has 0 spiro atoms. The van der Waals surface area contributed by atoms with Gasteiger partial charge in [0.25, 0.3) is 0 Å². The summed E-state index contributed by atoms with van der Waals surface area (Å²) in [5.41, 5.74) is 5.66. The first-order valence-electron chi connectivity index (χ1n) is 2.65. The number of rotatable bonds is 1. The van der Waals surface area contributed by atoms with Crippen molar-refractivity contribution in [1.29, 1.82) is 5.41 Å². The molecule has 54 valence electrons. The van der Waals surface area contributed by atoms with Gasteiger partial charge in [-0.15, -0.1) is 0 Å². The highest BCUT2D eigenvalue weighted by Gasteiger charge is 2.07. The first-order chi connectivity index (χ1) is 4.63. The summed E-state index contributed by atoms with van der Waals surface area (Å²) in [6.45, 7) is 0. The van der Waals surface area contributed by atoms with Crippen LogP contribution < -0.4 is 5.73 Å². The summed E-state index contributed by atoms with van der Waals surface area (Å²) in [5, 5.41) is 11.3. The molecule has 0 aliphatic carbocycles. The van der Waals surface area contributed by atoms with Crippen LogP contribution in [-0.4, -0.2) is 15.6 Å². The van der Waals surface area contributed by atoms with Gasteiger partial charge in [0.1, 0.15) is 11.5 Å². The van der Waals surface area contributed by atoms with Gasteiger partial charge in [0.05, 0.1) is 11.2 Å². The Bertz CT molecular complexity index is 245. The first kappa shape index (κ1) is 7.08. The van der Waals surface area contributed by atoms with E-state index in [0.717, 1.165) is 0 Å². The third kappa shape index (κ3) is 0.974. The number of hydrogen-bond acceptors (Lipinski definition) is 2. The van der Waals surface area contributed by atoms with Crippen molar-refractivity contribution in [3.8, 4) is 0 Å². The molecule has 0 bridgehead atoms. The molecule has 0 radical (unpaired) electrons. The van der Waals surface area contributed by atoms with E-state index in [-0.39, 0.29) is 5.84 Å². The molecule has 0 unspecified atom stereocenters. The maximum Gasteiger partial charge on any atom is 0.143 e. The van der Waals surface area contributed by atoms with Gasteiger partial charge >= 0.3 is 0 Å². The van der Waals surface area contributed by atoms with E-state index in [1.165, 1.54) is 10.9 Å². The molecule has 0 saturated carbocycles. The van der Waals surface area contributed by atoms with E-state index in [0.29, 0.717) is 10.7 Å². The quantitative estimate of drug-likeness (QED) is 0.458. The molecule has 0 aliphatic rings. The molecule has 0 saturated heterocycles. The number of halogens is 1. The number of nitrogens with two attached hydrogens (primary N) is 1. The van der Waals surface area contributed by atoms with Crippen LogP contribution in [0.1, 0.15) is 5.69 Å². The number of nitrogen functional groups attached to an aromatic ring is 1. The summed E-state index contributed by atoms with van der Waals surface area (Å²) in [6.07, 6.45) is 1.46. The zero-order valence-corrected chi connectivity index (χ0v) is 6.18. The third-order valence-electron chi connectivity index (χ3n) is 1.15. The molecule has 4 nitrogen and oxygen atoms in total. The fourth-order valence-electron chi connectivity index (χ4n) is 0.714. The fourth-order valence-corrected chi connectivity index (χ4v) is 0.981. The summed E-state index contributed by atoms with van der Waals surface area (Å²) in [7, 11) is 1.68. The van der Waals surface area contributed by atoms with E-state index in [1.807, 2.05) is 0 Å². The van der Waals surface area contributed by atoms with Crippen molar-refractivity contribution in [3.05, 3.63) is 16.9 Å². The van der Waals surface area contributed by atoms with Crippen molar-refractivity contribution in [2.75, 3.05) is 0 Å². The van der Waals surface area contributed by atoms with Gasteiger partial charge in [-0.1, -0.05) is 11.6 Å². The lowest BCUT2D eigenvalue weighted by Gasteiger charge is -1.97. The van der Waals surface area contributed by atoms with Crippen molar-refractivity contribution in [2.24, 2.45) is 12.8 Å². The molecule has 10 heavy (non-hydrogen) atoms. The molecule has 1 heterocycles. The molecule has 0 aliphatic heterocycles. The predicted octanol–water partition coefficient (Wildman–Crippen LogP) is 0.358. The Hall–Kier alpha value is -1.03. The van der Waals surface area contributed by atoms with Gasteiger partial charge in [-0.2, -0.15) is 5.10 Å². The van der Waals surface area contributed by atoms with Crippen LogP contribution in [0.4, 0.5) is 0 Å². The Balaban J connectivity index is 3.23. The van der Waals surface area contributed by atoms with Crippen molar-refractivity contribution >= 4 is 17.4 Å². The fraction of sp³-hybridized carbons (Fsp3) is 0.200. The summed E-state index contributed by atoms with van der Waals surface area (Å²) < 4.78 is 1.46. The highest BCUT2D eigenvalue weighted by molar-refractivity contribution is 6.33. The van der Waals surface area contributed by atoms with Crippen molar-refractivity contribution in [3.63, 3.8) is 0 Å². The Morgan fingerprint density at radius 1 is 1.90 bits per heavy atom. The van der Waals surface area contributed by atoms with E-state index in [9.17, 15) is 0 Å². The second-order valence-corrected chi connectivity index (χ2v) is 2.29. The van der Waals surface area contributed by atoms with Gasteiger partial charge in [-0.3, -0.25) is 10.1 Å². The van der Waals surface area contributed by atoms with Gasteiger partial charge in [0.15, 0.2) is 0 Å². The molecule has 0 aromatic carbocycles. The van der Waals surface area contributed by atoms with Gasteiger partial charge in [0.2, 0.25) is 0 Å². The number of aromatic nitrogens is 2. The van der Waals surface area contributed by atoms with E-state index in [1.54, 1.807) is 7.05 Å². The smallest absolute Gasteiger partial charge is 0.143 e. The highest BCUT2D eigenvalue weighted by atomic mass is 35.5. The molecular weight excluding hydrogens is 152 g/mol. The summed E-state index contributed by atoms with van der Waals surface area (Å²) >= 11 is 5.64. The number of nitrogens with zero attached hydrogens (tertiary/aromatic N) is 2. The number of amidine groups is 1. The second-order valence-electron chi connectivity index (χ2n) is 1.88. The molecular formula is C5H7ClN4. The molecule has 0 fully saturated rings. The molecule has 1 aromatic rings. The van der Waals surface area contributed by atoms with Gasteiger partial charge in [-0.05, 0) is 0 Å². The minimum atomic E-state index is -0.0648. The van der Waals surface area contributed by atoms with Crippen LogP contribution in [0, 0.1) is 5.41 Å². The number of hydrogen-bond donors (Lipinski definition) is 2. The third-order valence-corrected chi connectivity index (χ3v) is 1.43. The van der Waals surface area contributed by atoms with E-state index in [2.05, 4.69) is 5.10 Å². The van der Waals surface area contributed by atoms with Crippen molar-refractivity contribution in [1.82, 2.24) is 9.78 Å². The van der Waals surface area contributed by atoms with Crippen LogP contribution in [0.2, 0.25) is 5.02 Å². The molecule has 5 heteroatoms. The summed E-state index contributed by atoms with van der Waals surface area (Å²) in [4.78, 5) is 0. The lowest BCUT2D eigenvalue weighted by molar-refractivity contribution is 0.758. The van der Waals surface area contributed by atoms with Crippen LogP contribution in [0.5, 0.6) is 0 Å². The Kier molecular flexibility index (Phi) is 1.63. The average molecular weight is 159 g/mol. The second kappa shape index (κ2) is 2.30. The molecule has 3 N–H and O–H groups in total. The minimum Gasteiger partial charge on any atom is -0.382 e. The lowest BCUT2D eigenvalue weighted by Crippen LogP contribution is -2.16. The van der Waals surface area contributed by atoms with Gasteiger partial charge in [-0.25, -0.2) is 0 Å². The van der Waals surface area contributed by atoms with Crippen LogP contribution in [0.3, 0.4) is 0 Å². The van der Waals surface area contributed by atoms with Crippen molar-refractivity contribution in [2.45, 2.75) is 0 Å². The van der Waals surface area contributed by atoms with E-state index in [4.69, 9.17) is 22.7 Å². The molecule has 1 rings (SSSR count). The van der Waals surface area contributed by atoms with Crippen LogP contribution >= 0.6 is 11.6 Å². The molecule has 0 amide bonds. The predicted molar refractivity (Wildman–Crippen MR) is 39.2 cm³/mol. The topological polar surface area (TPSA) is 67.7 Å². The number of aryl methyl sites for hydroxylation is 1. The van der Waals surface area contributed by atoms with E-state index < -0.39 is 0 Å². The molecule has 0 atom stereocenters. The normalized spacial score (nSPS) is 9.80. The van der Waals surface area contributed by atoms with E-state index >= 15 is 0 Å². The highest BCUT2D eigenvalue weighted by Crippen LogP contribution is 2.12. The van der Waals surface area contributed by atoms with Crippen LogP contribution in [-0.2, 0) is 7.05 Å². The number of nitrogens with one attached hydrogen (secondary N) is 1. The van der Waals surface area contributed by atoms with Gasteiger partial charge in [0, 0.05) is 7.05 Å². The van der Waals surface area contributed by atoms with Crippen LogP contribution in [0.25, 0.3) is 0 Å². The Morgan fingerprint density at radius 3 is 2.70 bits per heavy atom. The summed E-state index contributed by atoms with van der Waals surface area (Å²) in [5.74, 6) is -0.0648. The Labute approximate surface area is 63.1 Å².